The van der Waals surface area contributed by atoms with Crippen LogP contribution in [0.1, 0.15) is 40.0 Å². The first-order valence-electron chi connectivity index (χ1n) is 8.35. The highest BCUT2D eigenvalue weighted by Gasteiger charge is 2.20. The van der Waals surface area contributed by atoms with Crippen molar-refractivity contribution in [3.63, 3.8) is 0 Å². The monoisotopic (exact) mass is 368 g/mol. The Balaban J connectivity index is 2.85. The summed E-state index contributed by atoms with van der Waals surface area (Å²) < 4.78 is 15.0. The lowest BCUT2D eigenvalue weighted by molar-refractivity contribution is -0.157. The lowest BCUT2D eigenvalue weighted by Crippen LogP contribution is -2.28. The lowest BCUT2D eigenvalue weighted by atomic mass is 10.2. The fraction of sp³-hybridized carbons (Fsp3) is 0.556. The third-order valence-corrected chi connectivity index (χ3v) is 3.51. The second kappa shape index (κ2) is 10.5. The Morgan fingerprint density at radius 1 is 0.962 bits per heavy atom. The second-order valence-corrected chi connectivity index (χ2v) is 5.97. The predicted molar refractivity (Wildman–Crippen MR) is 89.8 cm³/mol. The van der Waals surface area contributed by atoms with E-state index in [2.05, 4.69) is 0 Å². The van der Waals surface area contributed by atoms with Gasteiger partial charge in [0.1, 0.15) is 18.3 Å². The van der Waals surface area contributed by atoms with Crippen molar-refractivity contribution in [3.05, 3.63) is 24.3 Å². The van der Waals surface area contributed by atoms with E-state index in [0.717, 1.165) is 12.2 Å². The molecule has 0 aromatic carbocycles. The van der Waals surface area contributed by atoms with Crippen LogP contribution in [0.15, 0.2) is 24.3 Å². The van der Waals surface area contributed by atoms with E-state index in [0.29, 0.717) is 0 Å². The SMILES string of the molecule is CC1OC(=O)C[C@H](C)OC(=O)/C=C/C(O)[C@H](C)OC(=O)CC/C=C/C1=O. The number of esters is 3. The van der Waals surface area contributed by atoms with Gasteiger partial charge in [-0.15, -0.1) is 0 Å². The fourth-order valence-electron chi connectivity index (χ4n) is 2.02. The third kappa shape index (κ3) is 8.06. The van der Waals surface area contributed by atoms with Gasteiger partial charge in [0.2, 0.25) is 0 Å². The summed E-state index contributed by atoms with van der Waals surface area (Å²) in [5, 5.41) is 9.87. The number of cyclic esters (lactones) is 3. The Morgan fingerprint density at radius 2 is 1.65 bits per heavy atom. The van der Waals surface area contributed by atoms with Crippen LogP contribution in [-0.2, 0) is 33.4 Å². The molecule has 0 aromatic heterocycles. The molecule has 0 radical (unpaired) electrons. The quantitative estimate of drug-likeness (QED) is 0.497. The van der Waals surface area contributed by atoms with Crippen molar-refractivity contribution in [2.75, 3.05) is 0 Å². The molecular weight excluding hydrogens is 344 g/mol. The molecular formula is C18H24O8. The molecule has 4 atom stereocenters. The first-order chi connectivity index (χ1) is 12.2. The summed E-state index contributed by atoms with van der Waals surface area (Å²) in [6, 6.07) is 0. The van der Waals surface area contributed by atoms with Crippen molar-refractivity contribution in [1.29, 1.82) is 0 Å². The molecule has 0 saturated heterocycles. The molecule has 0 amide bonds. The van der Waals surface area contributed by atoms with E-state index in [1.165, 1.54) is 32.9 Å². The average molecular weight is 368 g/mol. The summed E-state index contributed by atoms with van der Waals surface area (Å²) in [6.45, 7) is 4.41. The molecule has 0 bridgehead atoms. The number of carbonyl (C=O) groups is 4. The molecule has 0 aromatic rings. The molecule has 0 aliphatic carbocycles. The Labute approximate surface area is 151 Å². The molecule has 0 spiro atoms. The van der Waals surface area contributed by atoms with Crippen molar-refractivity contribution in [2.45, 2.75) is 64.4 Å². The molecule has 2 unspecified atom stereocenters. The summed E-state index contributed by atoms with van der Waals surface area (Å²) in [5.74, 6) is -2.43. The summed E-state index contributed by atoms with van der Waals surface area (Å²) in [6.07, 6.45) is 1.12. The van der Waals surface area contributed by atoms with Gasteiger partial charge < -0.3 is 19.3 Å². The normalized spacial score (nSPS) is 32.5. The number of ether oxygens (including phenoxy) is 3. The molecule has 1 aliphatic heterocycles. The largest absolute Gasteiger partial charge is 0.460 e. The fourth-order valence-corrected chi connectivity index (χ4v) is 2.02. The number of carbonyl (C=O) groups excluding carboxylic acids is 4. The number of hydrogen-bond donors (Lipinski definition) is 1. The highest BCUT2D eigenvalue weighted by molar-refractivity contribution is 5.94. The van der Waals surface area contributed by atoms with E-state index in [1.54, 1.807) is 0 Å². The minimum atomic E-state index is -1.19. The van der Waals surface area contributed by atoms with Crippen molar-refractivity contribution < 1.29 is 38.5 Å². The van der Waals surface area contributed by atoms with E-state index in [1.807, 2.05) is 0 Å². The maximum Gasteiger partial charge on any atom is 0.330 e. The lowest BCUT2D eigenvalue weighted by Gasteiger charge is -2.17. The van der Waals surface area contributed by atoms with Gasteiger partial charge in [-0.25, -0.2) is 4.79 Å². The highest BCUT2D eigenvalue weighted by Crippen LogP contribution is 2.08. The van der Waals surface area contributed by atoms with Gasteiger partial charge in [-0.05, 0) is 39.3 Å². The topological polar surface area (TPSA) is 116 Å². The molecule has 8 heteroatoms. The molecule has 1 rings (SSSR count). The van der Waals surface area contributed by atoms with E-state index in [9.17, 15) is 24.3 Å². The Hall–Kier alpha value is -2.48. The minimum absolute atomic E-state index is 0.0122. The highest BCUT2D eigenvalue weighted by atomic mass is 16.6. The van der Waals surface area contributed by atoms with Crippen LogP contribution >= 0.6 is 0 Å². The van der Waals surface area contributed by atoms with Gasteiger partial charge in [-0.1, -0.05) is 6.08 Å². The smallest absolute Gasteiger partial charge is 0.330 e. The first-order valence-corrected chi connectivity index (χ1v) is 8.35. The number of aliphatic hydroxyl groups is 1. The number of allylic oxidation sites excluding steroid dienone is 1. The summed E-state index contributed by atoms with van der Waals surface area (Å²) in [7, 11) is 0. The van der Waals surface area contributed by atoms with Crippen LogP contribution in [0.25, 0.3) is 0 Å². The third-order valence-electron chi connectivity index (χ3n) is 3.51. The van der Waals surface area contributed by atoms with Crippen LogP contribution < -0.4 is 0 Å². The molecule has 8 nitrogen and oxygen atoms in total. The van der Waals surface area contributed by atoms with E-state index >= 15 is 0 Å². The first kappa shape index (κ1) is 21.6. The van der Waals surface area contributed by atoms with Gasteiger partial charge in [0.25, 0.3) is 0 Å². The maximum absolute atomic E-state index is 11.9. The van der Waals surface area contributed by atoms with Crippen LogP contribution in [0.5, 0.6) is 0 Å². The van der Waals surface area contributed by atoms with Gasteiger partial charge in [0.15, 0.2) is 11.9 Å². The molecule has 0 fully saturated rings. The Kier molecular flexibility index (Phi) is 8.71. The van der Waals surface area contributed by atoms with Crippen molar-refractivity contribution >= 4 is 23.7 Å². The predicted octanol–water partition coefficient (Wildman–Crippen LogP) is 1.01. The zero-order valence-electron chi connectivity index (χ0n) is 15.0. The molecule has 144 valence electrons. The zero-order valence-corrected chi connectivity index (χ0v) is 15.0. The second-order valence-electron chi connectivity index (χ2n) is 5.97. The van der Waals surface area contributed by atoms with Crippen LogP contribution in [-0.4, -0.2) is 53.2 Å². The number of rotatable bonds is 0. The van der Waals surface area contributed by atoms with E-state index in [4.69, 9.17) is 14.2 Å². The minimum Gasteiger partial charge on any atom is -0.460 e. The van der Waals surface area contributed by atoms with Gasteiger partial charge in [0.05, 0.1) is 6.42 Å². The Morgan fingerprint density at radius 3 is 2.35 bits per heavy atom. The zero-order chi connectivity index (χ0) is 19.7. The van der Waals surface area contributed by atoms with Crippen molar-refractivity contribution in [2.24, 2.45) is 0 Å². The van der Waals surface area contributed by atoms with Gasteiger partial charge in [0, 0.05) is 12.5 Å². The molecule has 0 saturated carbocycles. The van der Waals surface area contributed by atoms with E-state index in [-0.39, 0.29) is 19.3 Å². The standard InChI is InChI=1S/C18H24O8/c1-11-10-18(23)26-12(2)14(19)6-4-5-7-16(21)25-13(3)15(20)8-9-17(22)24-11/h4,6,8-9,11-13,15,20H,5,7,10H2,1-3H3/b6-4+,9-8+/t11-,12?,13-,15?/m0/s1. The van der Waals surface area contributed by atoms with Crippen LogP contribution in [0, 0.1) is 0 Å². The van der Waals surface area contributed by atoms with E-state index < -0.39 is 48.1 Å². The van der Waals surface area contributed by atoms with Gasteiger partial charge in [-0.3, -0.25) is 14.4 Å². The molecule has 1 aliphatic rings. The average Bonchev–Trinajstić information content (AvgIpc) is 2.54. The summed E-state index contributed by atoms with van der Waals surface area (Å²) in [5.41, 5.74) is 0. The summed E-state index contributed by atoms with van der Waals surface area (Å²) in [4.78, 5) is 47.0. The number of aliphatic hydroxyl groups excluding tert-OH is 1. The maximum atomic E-state index is 11.9. The van der Waals surface area contributed by atoms with Gasteiger partial charge >= 0.3 is 17.9 Å². The van der Waals surface area contributed by atoms with Crippen LogP contribution in [0.3, 0.4) is 0 Å². The van der Waals surface area contributed by atoms with Crippen LogP contribution in [0.4, 0.5) is 0 Å². The molecule has 26 heavy (non-hydrogen) atoms. The van der Waals surface area contributed by atoms with Crippen molar-refractivity contribution in [3.8, 4) is 0 Å². The van der Waals surface area contributed by atoms with Gasteiger partial charge in [-0.2, -0.15) is 0 Å². The molecule has 1 N–H and O–H groups in total. The number of hydrogen-bond acceptors (Lipinski definition) is 8. The van der Waals surface area contributed by atoms with Crippen molar-refractivity contribution in [1.82, 2.24) is 0 Å². The summed E-state index contributed by atoms with van der Waals surface area (Å²) >= 11 is 0. The molecule has 1 heterocycles. The number of ketones is 1. The van der Waals surface area contributed by atoms with Crippen LogP contribution in [0.2, 0.25) is 0 Å². The Bertz CT molecular complexity index is 592.